The maximum Gasteiger partial charge on any atom is 0.134 e. The Morgan fingerprint density at radius 3 is 2.55 bits per heavy atom. The maximum absolute atomic E-state index is 14.9. The molecule has 1 saturated carbocycles. The second-order valence-electron chi connectivity index (χ2n) is 6.39. The Labute approximate surface area is 120 Å². The van der Waals surface area contributed by atoms with Crippen LogP contribution < -0.4 is 10.1 Å². The second-order valence-corrected chi connectivity index (χ2v) is 6.39. The van der Waals surface area contributed by atoms with Gasteiger partial charge in [-0.05, 0) is 56.8 Å². The van der Waals surface area contributed by atoms with Gasteiger partial charge in [-0.3, -0.25) is 0 Å². The summed E-state index contributed by atoms with van der Waals surface area (Å²) < 4.78 is 20.6. The summed E-state index contributed by atoms with van der Waals surface area (Å²) in [5, 5.41) is 3.43. The molecule has 1 aliphatic heterocycles. The number of nitrogens with one attached hydrogen (secondary N) is 1. The molecule has 1 N–H and O–H groups in total. The Kier molecular flexibility index (Phi) is 3.97. The zero-order chi connectivity index (χ0) is 14.0. The number of rotatable bonds is 5. The van der Waals surface area contributed by atoms with Gasteiger partial charge < -0.3 is 10.1 Å². The van der Waals surface area contributed by atoms with Gasteiger partial charge in [0.25, 0.3) is 0 Å². The van der Waals surface area contributed by atoms with E-state index in [4.69, 9.17) is 4.74 Å². The van der Waals surface area contributed by atoms with Crippen molar-refractivity contribution in [2.75, 3.05) is 6.54 Å². The van der Waals surface area contributed by atoms with E-state index in [2.05, 4.69) is 5.32 Å². The second kappa shape index (κ2) is 5.72. The number of hydrogen-bond acceptors (Lipinski definition) is 2. The molecule has 20 heavy (non-hydrogen) atoms. The summed E-state index contributed by atoms with van der Waals surface area (Å²) in [4.78, 5) is 0. The Balaban J connectivity index is 1.62. The predicted molar refractivity (Wildman–Crippen MR) is 78.8 cm³/mol. The quantitative estimate of drug-likeness (QED) is 0.880. The molecule has 1 aromatic rings. The molecule has 0 aromatic heterocycles. The minimum atomic E-state index is -1.27. The first-order valence-electron chi connectivity index (χ1n) is 7.83. The molecule has 0 bridgehead atoms. The summed E-state index contributed by atoms with van der Waals surface area (Å²) in [7, 11) is 0. The molecule has 1 saturated heterocycles. The number of ether oxygens (including phenoxy) is 1. The first-order chi connectivity index (χ1) is 9.63. The average molecular weight is 277 g/mol. The molecule has 2 fully saturated rings. The summed E-state index contributed by atoms with van der Waals surface area (Å²) >= 11 is 0. The van der Waals surface area contributed by atoms with Gasteiger partial charge in [-0.15, -0.1) is 0 Å². The minimum Gasteiger partial charge on any atom is -0.490 e. The molecule has 2 aliphatic rings. The van der Waals surface area contributed by atoms with Crippen molar-refractivity contribution in [2.24, 2.45) is 0 Å². The van der Waals surface area contributed by atoms with Crippen LogP contribution in [0.15, 0.2) is 24.3 Å². The standard InChI is InChI=1S/C17H24FNO/c1-17(18,12-14-4-2-3-11-19-14)13-5-7-15(8-6-13)20-16-9-10-16/h5-8,14,16,19H,2-4,9-12H2,1H3. The highest BCUT2D eigenvalue weighted by atomic mass is 19.1. The fraction of sp³-hybridized carbons (Fsp3) is 0.647. The summed E-state index contributed by atoms with van der Waals surface area (Å²) in [6, 6.07) is 7.86. The van der Waals surface area contributed by atoms with Crippen molar-refractivity contribution in [3.05, 3.63) is 29.8 Å². The lowest BCUT2D eigenvalue weighted by atomic mass is 9.88. The van der Waals surface area contributed by atoms with Crippen LogP contribution in [0.4, 0.5) is 4.39 Å². The van der Waals surface area contributed by atoms with Crippen LogP contribution in [0.25, 0.3) is 0 Å². The van der Waals surface area contributed by atoms with Crippen molar-refractivity contribution in [3.8, 4) is 5.75 Å². The molecule has 1 aliphatic carbocycles. The van der Waals surface area contributed by atoms with Crippen molar-refractivity contribution < 1.29 is 9.13 Å². The molecule has 0 amide bonds. The largest absolute Gasteiger partial charge is 0.490 e. The summed E-state index contributed by atoms with van der Waals surface area (Å²) in [6.45, 7) is 2.72. The minimum absolute atomic E-state index is 0.307. The molecule has 1 aromatic carbocycles. The third-order valence-corrected chi connectivity index (χ3v) is 4.33. The van der Waals surface area contributed by atoms with Crippen LogP contribution in [-0.4, -0.2) is 18.7 Å². The molecule has 3 heteroatoms. The SMILES string of the molecule is CC(F)(CC1CCCCN1)c1ccc(OC2CC2)cc1. The van der Waals surface area contributed by atoms with E-state index in [1.807, 2.05) is 24.3 Å². The molecule has 0 radical (unpaired) electrons. The Hall–Kier alpha value is -1.09. The number of benzene rings is 1. The summed E-state index contributed by atoms with van der Waals surface area (Å²) in [5.41, 5.74) is -0.513. The summed E-state index contributed by atoms with van der Waals surface area (Å²) in [6.07, 6.45) is 6.75. The highest BCUT2D eigenvalue weighted by Crippen LogP contribution is 2.34. The molecule has 0 spiro atoms. The van der Waals surface area contributed by atoms with Crippen molar-refractivity contribution in [1.82, 2.24) is 5.32 Å². The van der Waals surface area contributed by atoms with Gasteiger partial charge in [0.2, 0.25) is 0 Å². The van der Waals surface area contributed by atoms with Gasteiger partial charge in [-0.25, -0.2) is 4.39 Å². The lowest BCUT2D eigenvalue weighted by Crippen LogP contribution is -2.38. The number of alkyl halides is 1. The van der Waals surface area contributed by atoms with Crippen molar-refractivity contribution >= 4 is 0 Å². The fourth-order valence-corrected chi connectivity index (χ4v) is 2.94. The zero-order valence-electron chi connectivity index (χ0n) is 12.2. The highest BCUT2D eigenvalue weighted by Gasteiger charge is 2.30. The van der Waals surface area contributed by atoms with Gasteiger partial charge in [-0.2, -0.15) is 0 Å². The van der Waals surface area contributed by atoms with Crippen LogP contribution >= 0.6 is 0 Å². The molecule has 110 valence electrons. The van der Waals surface area contributed by atoms with E-state index < -0.39 is 5.67 Å². The molecule has 2 nitrogen and oxygen atoms in total. The van der Waals surface area contributed by atoms with Gasteiger partial charge in [0.05, 0.1) is 6.10 Å². The van der Waals surface area contributed by atoms with Gasteiger partial charge in [0.15, 0.2) is 0 Å². The lowest BCUT2D eigenvalue weighted by Gasteiger charge is -2.30. The van der Waals surface area contributed by atoms with Gasteiger partial charge in [0.1, 0.15) is 11.4 Å². The van der Waals surface area contributed by atoms with Crippen molar-refractivity contribution in [2.45, 2.75) is 63.3 Å². The first kappa shape index (κ1) is 13.9. The van der Waals surface area contributed by atoms with E-state index in [1.165, 1.54) is 12.8 Å². The predicted octanol–water partition coefficient (Wildman–Crippen LogP) is 3.94. The normalized spacial score (nSPS) is 26.0. The van der Waals surface area contributed by atoms with Crippen LogP contribution in [0.1, 0.15) is 51.0 Å². The van der Waals surface area contributed by atoms with Crippen LogP contribution in [0.2, 0.25) is 0 Å². The maximum atomic E-state index is 14.9. The van der Waals surface area contributed by atoms with E-state index in [0.717, 1.165) is 37.1 Å². The van der Waals surface area contributed by atoms with E-state index in [-0.39, 0.29) is 0 Å². The third kappa shape index (κ3) is 3.51. The zero-order valence-corrected chi connectivity index (χ0v) is 12.2. The molecular weight excluding hydrogens is 253 g/mol. The van der Waals surface area contributed by atoms with E-state index in [0.29, 0.717) is 18.6 Å². The van der Waals surface area contributed by atoms with Crippen LogP contribution in [0.5, 0.6) is 5.75 Å². The smallest absolute Gasteiger partial charge is 0.134 e. The molecule has 3 rings (SSSR count). The Bertz CT molecular complexity index is 433. The van der Waals surface area contributed by atoms with Crippen molar-refractivity contribution in [1.29, 1.82) is 0 Å². The number of halogens is 1. The number of hydrogen-bond donors (Lipinski definition) is 1. The Morgan fingerprint density at radius 1 is 1.20 bits per heavy atom. The Morgan fingerprint density at radius 2 is 1.95 bits per heavy atom. The number of piperidine rings is 1. The third-order valence-electron chi connectivity index (χ3n) is 4.33. The van der Waals surface area contributed by atoms with E-state index in [1.54, 1.807) is 6.92 Å². The first-order valence-corrected chi connectivity index (χ1v) is 7.83. The topological polar surface area (TPSA) is 21.3 Å². The van der Waals surface area contributed by atoms with Crippen LogP contribution in [0, 0.1) is 0 Å². The highest BCUT2D eigenvalue weighted by molar-refractivity contribution is 5.31. The van der Waals surface area contributed by atoms with Gasteiger partial charge in [-0.1, -0.05) is 18.6 Å². The van der Waals surface area contributed by atoms with Crippen LogP contribution in [0.3, 0.4) is 0 Å². The van der Waals surface area contributed by atoms with Crippen LogP contribution in [-0.2, 0) is 5.67 Å². The lowest BCUT2D eigenvalue weighted by molar-refractivity contribution is 0.146. The molecular formula is C17H24FNO. The molecule has 2 unspecified atom stereocenters. The van der Waals surface area contributed by atoms with E-state index >= 15 is 0 Å². The average Bonchev–Trinajstić information content (AvgIpc) is 3.24. The van der Waals surface area contributed by atoms with Crippen molar-refractivity contribution in [3.63, 3.8) is 0 Å². The van der Waals surface area contributed by atoms with Gasteiger partial charge in [0, 0.05) is 12.5 Å². The van der Waals surface area contributed by atoms with E-state index in [9.17, 15) is 4.39 Å². The van der Waals surface area contributed by atoms with Gasteiger partial charge >= 0.3 is 0 Å². The molecule has 2 atom stereocenters. The fourth-order valence-electron chi connectivity index (χ4n) is 2.94. The molecule has 1 heterocycles. The summed E-state index contributed by atoms with van der Waals surface area (Å²) in [5.74, 6) is 0.864. The monoisotopic (exact) mass is 277 g/mol.